The van der Waals surface area contributed by atoms with Gasteiger partial charge < -0.3 is 14.8 Å². The van der Waals surface area contributed by atoms with Crippen molar-refractivity contribution < 1.29 is 13.9 Å². The van der Waals surface area contributed by atoms with Gasteiger partial charge in [0.1, 0.15) is 12.4 Å². The number of hydrogen-bond donors (Lipinski definition) is 1. The molecule has 3 rings (SSSR count). The Bertz CT molecular complexity index is 889. The second kappa shape index (κ2) is 9.39. The first-order valence-corrected chi connectivity index (χ1v) is 10.3. The van der Waals surface area contributed by atoms with E-state index in [1.165, 1.54) is 17.4 Å². The van der Waals surface area contributed by atoms with Crippen molar-refractivity contribution in [2.45, 2.75) is 20.1 Å². The molecule has 142 valence electrons. The minimum absolute atomic E-state index is 0.000886. The molecule has 0 radical (unpaired) electrons. The fraction of sp³-hybridized carbons (Fsp3) is 0.211. The van der Waals surface area contributed by atoms with Crippen LogP contribution in [0.1, 0.15) is 18.1 Å². The molecular formula is C19H17BrClFN2O2S. The summed E-state index contributed by atoms with van der Waals surface area (Å²) in [7, 11) is 0. The number of anilines is 1. The summed E-state index contributed by atoms with van der Waals surface area (Å²) in [5.74, 6) is 0.685. The van der Waals surface area contributed by atoms with E-state index >= 15 is 0 Å². The summed E-state index contributed by atoms with van der Waals surface area (Å²) in [4.78, 5) is 4.20. The van der Waals surface area contributed by atoms with E-state index in [4.69, 9.17) is 21.1 Å². The van der Waals surface area contributed by atoms with Crippen LogP contribution in [0.15, 0.2) is 46.4 Å². The summed E-state index contributed by atoms with van der Waals surface area (Å²) < 4.78 is 26.3. The van der Waals surface area contributed by atoms with Gasteiger partial charge in [-0.3, -0.25) is 0 Å². The molecular weight excluding hydrogens is 455 g/mol. The van der Waals surface area contributed by atoms with Gasteiger partial charge in [0.25, 0.3) is 0 Å². The number of nitrogens with one attached hydrogen (secondary N) is 1. The summed E-state index contributed by atoms with van der Waals surface area (Å²) in [6, 6.07) is 8.38. The molecule has 27 heavy (non-hydrogen) atoms. The fourth-order valence-electron chi connectivity index (χ4n) is 2.43. The monoisotopic (exact) mass is 470 g/mol. The number of halogens is 3. The van der Waals surface area contributed by atoms with Gasteiger partial charge in [0.2, 0.25) is 0 Å². The highest BCUT2D eigenvalue weighted by atomic mass is 79.9. The maximum Gasteiger partial charge on any atom is 0.182 e. The third kappa shape index (κ3) is 5.12. The highest BCUT2D eigenvalue weighted by Crippen LogP contribution is 2.38. The predicted molar refractivity (Wildman–Crippen MR) is 110 cm³/mol. The summed E-state index contributed by atoms with van der Waals surface area (Å²) in [5.41, 5.74) is 1.31. The number of hydrogen-bond acceptors (Lipinski definition) is 5. The lowest BCUT2D eigenvalue weighted by Gasteiger charge is -2.16. The zero-order chi connectivity index (χ0) is 19.2. The lowest BCUT2D eigenvalue weighted by atomic mass is 10.2. The van der Waals surface area contributed by atoms with E-state index < -0.39 is 5.82 Å². The van der Waals surface area contributed by atoms with Crippen LogP contribution in [0.3, 0.4) is 0 Å². The number of thiazole rings is 1. The molecule has 0 amide bonds. The van der Waals surface area contributed by atoms with Crippen molar-refractivity contribution in [2.75, 3.05) is 11.9 Å². The molecule has 2 aromatic carbocycles. The van der Waals surface area contributed by atoms with Gasteiger partial charge in [0, 0.05) is 23.7 Å². The first-order chi connectivity index (χ1) is 13.1. The molecule has 0 aliphatic carbocycles. The molecule has 0 aliphatic heterocycles. The lowest BCUT2D eigenvalue weighted by Crippen LogP contribution is -2.05. The molecule has 0 saturated heterocycles. The minimum atomic E-state index is -0.402. The van der Waals surface area contributed by atoms with Crippen molar-refractivity contribution >= 4 is 44.0 Å². The summed E-state index contributed by atoms with van der Waals surface area (Å²) in [5, 5.41) is 6.34. The Morgan fingerprint density at radius 1 is 1.30 bits per heavy atom. The van der Waals surface area contributed by atoms with Gasteiger partial charge >= 0.3 is 0 Å². The third-order valence-corrected chi connectivity index (χ3v) is 5.34. The van der Waals surface area contributed by atoms with E-state index in [0.717, 1.165) is 15.2 Å². The first kappa shape index (κ1) is 19.9. The van der Waals surface area contributed by atoms with Crippen LogP contribution >= 0.6 is 38.9 Å². The molecule has 1 aromatic heterocycles. The topological polar surface area (TPSA) is 43.4 Å². The maximum atomic E-state index is 14.0. The molecule has 4 nitrogen and oxygen atoms in total. The smallest absolute Gasteiger partial charge is 0.182 e. The molecule has 0 bridgehead atoms. The van der Waals surface area contributed by atoms with Crippen LogP contribution in [0.25, 0.3) is 0 Å². The second-order valence-corrected chi connectivity index (χ2v) is 7.67. The van der Waals surface area contributed by atoms with E-state index in [1.54, 1.807) is 18.3 Å². The average Bonchev–Trinajstić information content (AvgIpc) is 3.15. The van der Waals surface area contributed by atoms with Crippen LogP contribution in [0.4, 0.5) is 9.52 Å². The molecule has 3 aromatic rings. The Labute approximate surface area is 174 Å². The van der Waals surface area contributed by atoms with Crippen molar-refractivity contribution in [3.05, 3.63) is 68.3 Å². The maximum absolute atomic E-state index is 14.0. The fourth-order valence-corrected chi connectivity index (χ4v) is 3.78. The van der Waals surface area contributed by atoms with Crippen LogP contribution in [0, 0.1) is 5.82 Å². The van der Waals surface area contributed by atoms with Crippen LogP contribution in [-0.2, 0) is 13.2 Å². The van der Waals surface area contributed by atoms with E-state index in [9.17, 15) is 4.39 Å². The quantitative estimate of drug-likeness (QED) is 0.419. The summed E-state index contributed by atoms with van der Waals surface area (Å²) in [6.45, 7) is 2.96. The molecule has 0 spiro atoms. The highest BCUT2D eigenvalue weighted by molar-refractivity contribution is 9.10. The molecule has 1 N–H and O–H groups in total. The third-order valence-electron chi connectivity index (χ3n) is 3.67. The molecule has 1 heterocycles. The van der Waals surface area contributed by atoms with Gasteiger partial charge in [-0.25, -0.2) is 9.37 Å². The van der Waals surface area contributed by atoms with E-state index in [1.807, 2.05) is 24.4 Å². The Morgan fingerprint density at radius 2 is 2.15 bits per heavy atom. The highest BCUT2D eigenvalue weighted by Gasteiger charge is 2.15. The normalized spacial score (nSPS) is 10.7. The Kier molecular flexibility index (Phi) is 6.93. The number of rotatable bonds is 8. The van der Waals surface area contributed by atoms with Crippen molar-refractivity contribution in [3.8, 4) is 11.5 Å². The van der Waals surface area contributed by atoms with Crippen molar-refractivity contribution in [3.63, 3.8) is 0 Å². The Balaban J connectivity index is 1.79. The average molecular weight is 472 g/mol. The van der Waals surface area contributed by atoms with Crippen LogP contribution in [0.2, 0.25) is 5.02 Å². The minimum Gasteiger partial charge on any atom is -0.490 e. The van der Waals surface area contributed by atoms with Gasteiger partial charge in [-0.05, 0) is 52.7 Å². The molecule has 8 heteroatoms. The largest absolute Gasteiger partial charge is 0.490 e. The van der Waals surface area contributed by atoms with Crippen molar-refractivity contribution in [1.29, 1.82) is 0 Å². The number of benzene rings is 2. The van der Waals surface area contributed by atoms with Crippen LogP contribution in [-0.4, -0.2) is 11.6 Å². The number of aromatic nitrogens is 1. The first-order valence-electron chi connectivity index (χ1n) is 8.22. The zero-order valence-electron chi connectivity index (χ0n) is 14.5. The molecule has 0 aliphatic rings. The molecule has 0 saturated carbocycles. The Hall–Kier alpha value is -1.83. The molecule has 0 fully saturated rings. The summed E-state index contributed by atoms with van der Waals surface area (Å²) >= 11 is 11.1. The Morgan fingerprint density at radius 3 is 2.85 bits per heavy atom. The zero-order valence-corrected chi connectivity index (χ0v) is 17.6. The SMILES string of the molecule is CCOc1cc(CNc2nccs2)cc(Br)c1OCc1c(F)cccc1Cl. The van der Waals surface area contributed by atoms with Crippen molar-refractivity contribution in [2.24, 2.45) is 0 Å². The van der Waals surface area contributed by atoms with E-state index in [2.05, 4.69) is 26.2 Å². The van der Waals surface area contributed by atoms with Gasteiger partial charge in [-0.2, -0.15) is 0 Å². The second-order valence-electron chi connectivity index (χ2n) is 5.52. The molecule has 0 atom stereocenters. The summed E-state index contributed by atoms with van der Waals surface area (Å²) in [6.07, 6.45) is 1.75. The molecule has 0 unspecified atom stereocenters. The number of ether oxygens (including phenoxy) is 2. The lowest BCUT2D eigenvalue weighted by molar-refractivity contribution is 0.264. The predicted octanol–water partition coefficient (Wildman–Crippen LogP) is 6.29. The number of nitrogens with zero attached hydrogens (tertiary/aromatic N) is 1. The van der Waals surface area contributed by atoms with Crippen LogP contribution < -0.4 is 14.8 Å². The van der Waals surface area contributed by atoms with Gasteiger partial charge in [-0.15, -0.1) is 11.3 Å². The van der Waals surface area contributed by atoms with Gasteiger partial charge in [0.05, 0.1) is 16.1 Å². The van der Waals surface area contributed by atoms with Crippen LogP contribution in [0.5, 0.6) is 11.5 Å². The van der Waals surface area contributed by atoms with E-state index in [0.29, 0.717) is 35.2 Å². The van der Waals surface area contributed by atoms with E-state index in [-0.39, 0.29) is 6.61 Å². The standard InChI is InChI=1S/C19H17BrClFN2O2S/c1-2-25-17-9-12(10-24-19-23-6-7-27-19)8-14(20)18(17)26-11-13-15(21)4-3-5-16(13)22/h3-9H,2,10-11H2,1H3,(H,23,24). The van der Waals surface area contributed by atoms with Gasteiger partial charge in [0.15, 0.2) is 16.6 Å². The van der Waals surface area contributed by atoms with Gasteiger partial charge in [-0.1, -0.05) is 17.7 Å². The van der Waals surface area contributed by atoms with Crippen molar-refractivity contribution in [1.82, 2.24) is 4.98 Å².